The average molecular weight is 557 g/mol. The Morgan fingerprint density at radius 3 is 2.10 bits per heavy atom. The molecule has 0 aliphatic heterocycles. The van der Waals surface area contributed by atoms with Crippen LogP contribution in [0.25, 0.3) is 0 Å². The fourth-order valence-corrected chi connectivity index (χ4v) is 4.56. The fraction of sp³-hybridized carbons (Fsp3) is 0.100. The van der Waals surface area contributed by atoms with E-state index in [0.29, 0.717) is 28.3 Å². The number of hydrazone groups is 1. The maximum atomic E-state index is 12.5. The van der Waals surface area contributed by atoms with Gasteiger partial charge in [0.15, 0.2) is 6.61 Å². The molecule has 4 aromatic carbocycles. The molecule has 0 aromatic heterocycles. The molecule has 4 aromatic rings. The summed E-state index contributed by atoms with van der Waals surface area (Å²) in [6, 6.07) is 31.5. The largest absolute Gasteiger partial charge is 0.484 e. The molecule has 0 atom stereocenters. The third-order valence-corrected chi connectivity index (χ3v) is 6.81. The van der Waals surface area contributed by atoms with Gasteiger partial charge in [-0.05, 0) is 71.8 Å². The Morgan fingerprint density at radius 2 is 1.48 bits per heavy atom. The number of rotatable bonds is 11. The number of sulfonamides is 1. The zero-order valence-corrected chi connectivity index (χ0v) is 22.5. The van der Waals surface area contributed by atoms with E-state index in [9.17, 15) is 18.0 Å². The highest BCUT2D eigenvalue weighted by molar-refractivity contribution is 7.92. The van der Waals surface area contributed by atoms with Crippen molar-refractivity contribution in [3.63, 3.8) is 0 Å². The molecular formula is C30H28N4O5S. The zero-order valence-electron chi connectivity index (χ0n) is 21.7. The van der Waals surface area contributed by atoms with Gasteiger partial charge in [-0.2, -0.15) is 5.10 Å². The van der Waals surface area contributed by atoms with Crippen LogP contribution in [0.3, 0.4) is 0 Å². The first-order valence-corrected chi connectivity index (χ1v) is 14.2. The Labute approximate surface area is 233 Å². The van der Waals surface area contributed by atoms with Gasteiger partial charge in [0.2, 0.25) is 10.0 Å². The van der Waals surface area contributed by atoms with E-state index in [4.69, 9.17) is 4.74 Å². The number of ether oxygens (including phenoxy) is 1. The molecule has 0 radical (unpaired) electrons. The second-order valence-corrected chi connectivity index (χ2v) is 10.7. The van der Waals surface area contributed by atoms with Crippen LogP contribution >= 0.6 is 0 Å². The molecule has 4 rings (SSSR count). The first-order valence-electron chi connectivity index (χ1n) is 12.3. The summed E-state index contributed by atoms with van der Waals surface area (Å²) >= 11 is 0. The minimum Gasteiger partial charge on any atom is -0.484 e. The van der Waals surface area contributed by atoms with E-state index in [2.05, 4.69) is 15.8 Å². The number of carbonyl (C=O) groups excluding carboxylic acids is 2. The number of para-hydroxylation sites is 1. The van der Waals surface area contributed by atoms with Gasteiger partial charge >= 0.3 is 0 Å². The lowest BCUT2D eigenvalue weighted by Gasteiger charge is -2.22. The van der Waals surface area contributed by atoms with Crippen LogP contribution in [0.5, 0.6) is 5.75 Å². The molecule has 0 saturated heterocycles. The van der Waals surface area contributed by atoms with Gasteiger partial charge in [0.25, 0.3) is 11.8 Å². The van der Waals surface area contributed by atoms with Gasteiger partial charge in [0.05, 0.1) is 24.7 Å². The van der Waals surface area contributed by atoms with Crippen LogP contribution in [0.15, 0.2) is 114 Å². The minimum atomic E-state index is -3.54. The quantitative estimate of drug-likeness (QED) is 0.209. The summed E-state index contributed by atoms with van der Waals surface area (Å²) in [4.78, 5) is 24.5. The molecule has 9 nitrogen and oxygen atoms in total. The van der Waals surface area contributed by atoms with Crippen molar-refractivity contribution in [3.05, 3.63) is 126 Å². The Hall–Kier alpha value is -4.96. The predicted octanol–water partition coefficient (Wildman–Crippen LogP) is 4.43. The Bertz CT molecular complexity index is 1560. The molecule has 0 aliphatic rings. The van der Waals surface area contributed by atoms with Crippen molar-refractivity contribution in [3.8, 4) is 5.75 Å². The minimum absolute atomic E-state index is 0.134. The average Bonchev–Trinajstić information content (AvgIpc) is 2.96. The van der Waals surface area contributed by atoms with Gasteiger partial charge in [0, 0.05) is 11.3 Å². The Morgan fingerprint density at radius 1 is 0.850 bits per heavy atom. The van der Waals surface area contributed by atoms with Crippen LogP contribution < -0.4 is 19.8 Å². The van der Waals surface area contributed by atoms with E-state index in [-0.39, 0.29) is 19.1 Å². The van der Waals surface area contributed by atoms with Crippen molar-refractivity contribution < 1.29 is 22.7 Å². The van der Waals surface area contributed by atoms with Crippen molar-refractivity contribution in [1.82, 2.24) is 5.43 Å². The third kappa shape index (κ3) is 8.27. The summed E-state index contributed by atoms with van der Waals surface area (Å²) < 4.78 is 31.6. The first kappa shape index (κ1) is 28.1. The number of nitrogens with zero attached hydrogens (tertiary/aromatic N) is 2. The first-order chi connectivity index (χ1) is 19.3. The van der Waals surface area contributed by atoms with Gasteiger partial charge in [0.1, 0.15) is 5.75 Å². The highest BCUT2D eigenvalue weighted by Crippen LogP contribution is 2.21. The predicted molar refractivity (Wildman–Crippen MR) is 156 cm³/mol. The topological polar surface area (TPSA) is 117 Å². The number of anilines is 2. The maximum absolute atomic E-state index is 12.5. The van der Waals surface area contributed by atoms with Crippen LogP contribution in [0.4, 0.5) is 11.4 Å². The molecule has 40 heavy (non-hydrogen) atoms. The number of hydrogen-bond donors (Lipinski definition) is 2. The van der Waals surface area contributed by atoms with Crippen molar-refractivity contribution in [1.29, 1.82) is 0 Å². The standard InChI is InChI=1S/C30H28N4O5S/c1-40(37,38)34(21-24-8-4-2-5-9-24)27-16-14-25(15-17-27)30(36)33-31-20-23-12-18-28(19-13-23)39-22-29(35)32-26-10-6-3-7-11-26/h2-20H,21-22H2,1H3,(H,32,35)(H,33,36)/b31-20-. The van der Waals surface area contributed by atoms with Crippen LogP contribution in [0.1, 0.15) is 21.5 Å². The summed E-state index contributed by atoms with van der Waals surface area (Å²) in [5.41, 5.74) is 5.48. The van der Waals surface area contributed by atoms with Crippen LogP contribution in [0, 0.1) is 0 Å². The van der Waals surface area contributed by atoms with Crippen LogP contribution in [-0.2, 0) is 21.4 Å². The van der Waals surface area contributed by atoms with Crippen molar-refractivity contribution >= 4 is 39.4 Å². The van der Waals surface area contributed by atoms with Crippen LogP contribution in [-0.4, -0.2) is 39.3 Å². The van der Waals surface area contributed by atoms with Crippen LogP contribution in [0.2, 0.25) is 0 Å². The molecule has 2 amide bonds. The normalized spacial score (nSPS) is 11.1. The van der Waals surface area contributed by atoms with E-state index in [1.54, 1.807) is 60.7 Å². The number of hydrogen-bond acceptors (Lipinski definition) is 6. The second kappa shape index (κ2) is 13.2. The molecule has 204 valence electrons. The monoisotopic (exact) mass is 556 g/mol. The van der Waals surface area contributed by atoms with E-state index in [0.717, 1.165) is 11.8 Å². The van der Waals surface area contributed by atoms with E-state index >= 15 is 0 Å². The molecule has 0 saturated carbocycles. The number of amides is 2. The molecule has 0 bridgehead atoms. The van der Waals surface area contributed by atoms with Gasteiger partial charge in [-0.15, -0.1) is 0 Å². The molecule has 0 spiro atoms. The second-order valence-electron chi connectivity index (χ2n) is 8.77. The SMILES string of the molecule is CS(=O)(=O)N(Cc1ccccc1)c1ccc(C(=O)N/N=C\c2ccc(OCC(=O)Nc3ccccc3)cc2)cc1. The molecule has 0 aliphatic carbocycles. The zero-order chi connectivity index (χ0) is 28.4. The lowest BCUT2D eigenvalue weighted by molar-refractivity contribution is -0.118. The molecule has 2 N–H and O–H groups in total. The maximum Gasteiger partial charge on any atom is 0.271 e. The van der Waals surface area contributed by atoms with Gasteiger partial charge in [-0.25, -0.2) is 13.8 Å². The highest BCUT2D eigenvalue weighted by atomic mass is 32.2. The highest BCUT2D eigenvalue weighted by Gasteiger charge is 2.18. The summed E-state index contributed by atoms with van der Waals surface area (Å²) in [7, 11) is -3.54. The van der Waals surface area contributed by atoms with Crippen molar-refractivity contribution in [2.75, 3.05) is 22.5 Å². The lowest BCUT2D eigenvalue weighted by Crippen LogP contribution is -2.29. The van der Waals surface area contributed by atoms with E-state index < -0.39 is 15.9 Å². The van der Waals surface area contributed by atoms with E-state index in [1.165, 1.54) is 10.5 Å². The van der Waals surface area contributed by atoms with Crippen molar-refractivity contribution in [2.45, 2.75) is 6.54 Å². The fourth-order valence-electron chi connectivity index (χ4n) is 3.68. The number of carbonyl (C=O) groups is 2. The summed E-state index contributed by atoms with van der Waals surface area (Å²) in [6.07, 6.45) is 2.62. The number of nitrogens with one attached hydrogen (secondary N) is 2. The van der Waals surface area contributed by atoms with Gasteiger partial charge in [-0.3, -0.25) is 13.9 Å². The number of benzene rings is 4. The van der Waals surface area contributed by atoms with Gasteiger partial charge < -0.3 is 10.1 Å². The molecule has 0 heterocycles. The summed E-state index contributed by atoms with van der Waals surface area (Å²) in [5, 5.41) is 6.73. The third-order valence-electron chi connectivity index (χ3n) is 5.67. The molecule has 10 heteroatoms. The lowest BCUT2D eigenvalue weighted by atomic mass is 10.2. The summed E-state index contributed by atoms with van der Waals surface area (Å²) in [6.45, 7) is 0.0472. The Balaban J connectivity index is 1.28. The molecule has 0 unspecified atom stereocenters. The van der Waals surface area contributed by atoms with E-state index in [1.807, 2.05) is 48.5 Å². The molecular weight excluding hydrogens is 528 g/mol. The molecule has 0 fully saturated rings. The summed E-state index contributed by atoms with van der Waals surface area (Å²) in [5.74, 6) is -0.200. The van der Waals surface area contributed by atoms with Crippen molar-refractivity contribution in [2.24, 2.45) is 5.10 Å². The smallest absolute Gasteiger partial charge is 0.271 e. The van der Waals surface area contributed by atoms with Gasteiger partial charge in [-0.1, -0.05) is 48.5 Å². The Kier molecular flexibility index (Phi) is 9.27.